The van der Waals surface area contributed by atoms with Crippen LogP contribution in [-0.2, 0) is 4.79 Å². The van der Waals surface area contributed by atoms with E-state index in [-0.39, 0.29) is 5.91 Å². The van der Waals surface area contributed by atoms with Gasteiger partial charge in [-0.1, -0.05) is 0 Å². The summed E-state index contributed by atoms with van der Waals surface area (Å²) >= 11 is 0. The van der Waals surface area contributed by atoms with Gasteiger partial charge in [0.05, 0.1) is 5.56 Å². The van der Waals surface area contributed by atoms with E-state index in [1.165, 1.54) is 0 Å². The second-order valence-electron chi connectivity index (χ2n) is 5.27. The molecular weight excluding hydrogens is 244 g/mol. The summed E-state index contributed by atoms with van der Waals surface area (Å²) in [5, 5.41) is 11.9. The number of carboxylic acids is 1. The van der Waals surface area contributed by atoms with Crippen LogP contribution in [0.5, 0.6) is 0 Å². The van der Waals surface area contributed by atoms with Crippen LogP contribution in [0.15, 0.2) is 18.2 Å². The fourth-order valence-electron chi connectivity index (χ4n) is 2.41. The third-order valence-corrected chi connectivity index (χ3v) is 3.60. The Kier molecular flexibility index (Phi) is 3.22. The highest BCUT2D eigenvalue weighted by Crippen LogP contribution is 2.27. The number of piperazine rings is 1. The van der Waals surface area contributed by atoms with Crippen molar-refractivity contribution in [2.24, 2.45) is 0 Å². The molecular formula is C14H18N2O3. The van der Waals surface area contributed by atoms with Gasteiger partial charge in [-0.3, -0.25) is 4.79 Å². The van der Waals surface area contributed by atoms with Crippen LogP contribution < -0.4 is 10.2 Å². The van der Waals surface area contributed by atoms with E-state index >= 15 is 0 Å². The summed E-state index contributed by atoms with van der Waals surface area (Å²) < 4.78 is 0. The lowest BCUT2D eigenvalue weighted by Gasteiger charge is -2.43. The maximum Gasteiger partial charge on any atom is 0.335 e. The Balaban J connectivity index is 2.39. The van der Waals surface area contributed by atoms with Crippen LogP contribution in [0, 0.1) is 6.92 Å². The number of hydrogen-bond acceptors (Lipinski definition) is 3. The molecule has 0 radical (unpaired) electrons. The van der Waals surface area contributed by atoms with E-state index in [1.54, 1.807) is 19.1 Å². The van der Waals surface area contributed by atoms with Crippen LogP contribution in [-0.4, -0.2) is 35.6 Å². The van der Waals surface area contributed by atoms with Crippen LogP contribution in [0.4, 0.5) is 5.69 Å². The van der Waals surface area contributed by atoms with E-state index in [0.29, 0.717) is 24.2 Å². The summed E-state index contributed by atoms with van der Waals surface area (Å²) in [6.07, 6.45) is 0. The maximum absolute atomic E-state index is 11.9. The Bertz CT molecular complexity index is 537. The topological polar surface area (TPSA) is 69.6 Å². The first-order valence-electron chi connectivity index (χ1n) is 6.24. The van der Waals surface area contributed by atoms with Crippen molar-refractivity contribution in [2.75, 3.05) is 18.0 Å². The molecule has 1 aliphatic rings. The molecule has 5 nitrogen and oxygen atoms in total. The molecule has 0 unspecified atom stereocenters. The number of aryl methyl sites for hydroxylation is 1. The quantitative estimate of drug-likeness (QED) is 0.845. The fraction of sp³-hybridized carbons (Fsp3) is 0.429. The Morgan fingerprint density at radius 1 is 1.42 bits per heavy atom. The number of rotatable bonds is 2. The SMILES string of the molecule is Cc1cc(N2CCNC(=O)C2(C)C)ccc1C(=O)O. The molecule has 5 heteroatoms. The highest BCUT2D eigenvalue weighted by Gasteiger charge is 2.37. The lowest BCUT2D eigenvalue weighted by molar-refractivity contribution is -0.126. The molecule has 1 saturated heterocycles. The molecule has 19 heavy (non-hydrogen) atoms. The van der Waals surface area contributed by atoms with E-state index in [2.05, 4.69) is 5.32 Å². The van der Waals surface area contributed by atoms with Gasteiger partial charge < -0.3 is 15.3 Å². The van der Waals surface area contributed by atoms with Gasteiger partial charge in [0.1, 0.15) is 5.54 Å². The molecule has 1 fully saturated rings. The first-order chi connectivity index (χ1) is 8.84. The van der Waals surface area contributed by atoms with Crippen molar-refractivity contribution in [3.05, 3.63) is 29.3 Å². The van der Waals surface area contributed by atoms with Crippen molar-refractivity contribution in [1.29, 1.82) is 0 Å². The van der Waals surface area contributed by atoms with Crippen molar-refractivity contribution < 1.29 is 14.7 Å². The zero-order chi connectivity index (χ0) is 14.2. The molecule has 2 N–H and O–H groups in total. The third kappa shape index (κ3) is 2.28. The van der Waals surface area contributed by atoms with Gasteiger partial charge in [-0.2, -0.15) is 0 Å². The average Bonchev–Trinajstić information content (AvgIpc) is 2.32. The number of carboxylic acid groups (broad SMARTS) is 1. The van der Waals surface area contributed by atoms with Gasteiger partial charge in [0, 0.05) is 18.8 Å². The molecule has 0 atom stereocenters. The summed E-state index contributed by atoms with van der Waals surface area (Å²) in [4.78, 5) is 24.9. The molecule has 1 amide bonds. The Labute approximate surface area is 112 Å². The molecule has 1 heterocycles. The number of amides is 1. The number of hydrogen-bond donors (Lipinski definition) is 2. The number of anilines is 1. The number of carbonyl (C=O) groups is 2. The lowest BCUT2D eigenvalue weighted by Crippen LogP contribution is -2.62. The fourth-order valence-corrected chi connectivity index (χ4v) is 2.41. The second-order valence-corrected chi connectivity index (χ2v) is 5.27. The highest BCUT2D eigenvalue weighted by atomic mass is 16.4. The number of carbonyl (C=O) groups excluding carboxylic acids is 1. The zero-order valence-corrected chi connectivity index (χ0v) is 11.4. The Morgan fingerprint density at radius 2 is 2.11 bits per heavy atom. The summed E-state index contributed by atoms with van der Waals surface area (Å²) in [5.74, 6) is -0.946. The minimum Gasteiger partial charge on any atom is -0.478 e. The van der Waals surface area contributed by atoms with Crippen LogP contribution in [0.3, 0.4) is 0 Å². The number of nitrogens with zero attached hydrogens (tertiary/aromatic N) is 1. The van der Waals surface area contributed by atoms with Gasteiger partial charge in [0.15, 0.2) is 0 Å². The minimum absolute atomic E-state index is 0.0151. The van der Waals surface area contributed by atoms with Crippen molar-refractivity contribution >= 4 is 17.6 Å². The van der Waals surface area contributed by atoms with Crippen molar-refractivity contribution in [1.82, 2.24) is 5.32 Å². The van der Waals surface area contributed by atoms with Crippen molar-refractivity contribution in [3.8, 4) is 0 Å². The summed E-state index contributed by atoms with van der Waals surface area (Å²) in [7, 11) is 0. The Morgan fingerprint density at radius 3 is 2.68 bits per heavy atom. The third-order valence-electron chi connectivity index (χ3n) is 3.60. The number of aromatic carboxylic acids is 1. The molecule has 0 aliphatic carbocycles. The van der Waals surface area contributed by atoms with Gasteiger partial charge in [-0.15, -0.1) is 0 Å². The van der Waals surface area contributed by atoms with Crippen LogP contribution >= 0.6 is 0 Å². The second kappa shape index (κ2) is 4.57. The first-order valence-corrected chi connectivity index (χ1v) is 6.24. The lowest BCUT2D eigenvalue weighted by atomic mass is 9.97. The van der Waals surface area contributed by atoms with Crippen LogP contribution in [0.1, 0.15) is 29.8 Å². The normalized spacial score (nSPS) is 18.1. The van der Waals surface area contributed by atoms with E-state index in [0.717, 1.165) is 5.69 Å². The molecule has 0 spiro atoms. The zero-order valence-electron chi connectivity index (χ0n) is 11.4. The van der Waals surface area contributed by atoms with Gasteiger partial charge in [-0.25, -0.2) is 4.79 Å². The summed E-state index contributed by atoms with van der Waals surface area (Å²) in [5.41, 5.74) is 1.24. The predicted molar refractivity (Wildman–Crippen MR) is 72.6 cm³/mol. The predicted octanol–water partition coefficient (Wildman–Crippen LogP) is 1.41. The molecule has 1 aliphatic heterocycles. The highest BCUT2D eigenvalue weighted by molar-refractivity contribution is 5.92. The van der Waals surface area contributed by atoms with Crippen LogP contribution in [0.25, 0.3) is 0 Å². The maximum atomic E-state index is 11.9. The van der Waals surface area contributed by atoms with Gasteiger partial charge in [-0.05, 0) is 44.5 Å². The standard InChI is InChI=1S/C14H18N2O3/c1-9-8-10(4-5-11(9)12(17)18)16-7-6-15-13(19)14(16,2)3/h4-5,8H,6-7H2,1-3H3,(H,15,19)(H,17,18). The molecule has 0 saturated carbocycles. The molecule has 2 rings (SSSR count). The average molecular weight is 262 g/mol. The summed E-state index contributed by atoms with van der Waals surface area (Å²) in [6.45, 7) is 6.81. The first kappa shape index (κ1) is 13.4. The minimum atomic E-state index is -0.931. The van der Waals surface area contributed by atoms with Gasteiger partial charge >= 0.3 is 5.97 Å². The molecule has 0 bridgehead atoms. The summed E-state index contributed by atoms with van der Waals surface area (Å²) in [6, 6.07) is 5.18. The van der Waals surface area contributed by atoms with E-state index in [1.807, 2.05) is 24.8 Å². The number of nitrogens with one attached hydrogen (secondary N) is 1. The number of benzene rings is 1. The smallest absolute Gasteiger partial charge is 0.335 e. The van der Waals surface area contributed by atoms with Crippen LogP contribution in [0.2, 0.25) is 0 Å². The molecule has 1 aromatic rings. The largest absolute Gasteiger partial charge is 0.478 e. The van der Waals surface area contributed by atoms with E-state index in [4.69, 9.17) is 5.11 Å². The van der Waals surface area contributed by atoms with Gasteiger partial charge in [0.2, 0.25) is 5.91 Å². The monoisotopic (exact) mass is 262 g/mol. The van der Waals surface area contributed by atoms with E-state index in [9.17, 15) is 9.59 Å². The van der Waals surface area contributed by atoms with Crippen molar-refractivity contribution in [2.45, 2.75) is 26.3 Å². The van der Waals surface area contributed by atoms with Gasteiger partial charge in [0.25, 0.3) is 0 Å². The Hall–Kier alpha value is -2.04. The van der Waals surface area contributed by atoms with E-state index < -0.39 is 11.5 Å². The molecule has 0 aromatic heterocycles. The van der Waals surface area contributed by atoms with Crippen molar-refractivity contribution in [3.63, 3.8) is 0 Å². The molecule has 1 aromatic carbocycles. The molecule has 102 valence electrons.